The van der Waals surface area contributed by atoms with Crippen LogP contribution in [-0.4, -0.2) is 59.3 Å². The summed E-state index contributed by atoms with van der Waals surface area (Å²) >= 11 is 0. The maximum atomic E-state index is 5.33. The second-order valence-electron chi connectivity index (χ2n) is 7.42. The summed E-state index contributed by atoms with van der Waals surface area (Å²) in [6, 6.07) is 14.0. The van der Waals surface area contributed by atoms with Crippen molar-refractivity contribution in [2.45, 2.75) is 25.7 Å². The molecule has 4 rings (SSSR count). The van der Waals surface area contributed by atoms with Crippen molar-refractivity contribution < 1.29 is 9.26 Å². The number of ether oxygens (including phenoxy) is 1. The molecule has 0 spiro atoms. The van der Waals surface area contributed by atoms with Gasteiger partial charge in [-0.3, -0.25) is 9.98 Å². The van der Waals surface area contributed by atoms with E-state index in [9.17, 15) is 0 Å². The Bertz CT molecular complexity index is 987. The SMILES string of the molecule is CCNC(=NCCc1noc(-c2ccccn2)n1)N1CCC(c2ccc(OC)cc2)C1. The molecule has 0 amide bonds. The second kappa shape index (κ2) is 10.1. The van der Waals surface area contributed by atoms with Crippen molar-refractivity contribution in [1.82, 2.24) is 25.3 Å². The van der Waals surface area contributed by atoms with E-state index in [2.05, 4.69) is 44.4 Å². The molecule has 1 atom stereocenters. The summed E-state index contributed by atoms with van der Waals surface area (Å²) in [5.41, 5.74) is 2.02. The lowest BCUT2D eigenvalue weighted by atomic mass is 9.98. The van der Waals surface area contributed by atoms with E-state index in [1.54, 1.807) is 13.3 Å². The predicted molar refractivity (Wildman–Crippen MR) is 119 cm³/mol. The minimum absolute atomic E-state index is 0.438. The molecular formula is C23H28N6O2. The number of hydrogen-bond donors (Lipinski definition) is 1. The predicted octanol–water partition coefficient (Wildman–Crippen LogP) is 3.14. The van der Waals surface area contributed by atoms with E-state index in [4.69, 9.17) is 14.3 Å². The van der Waals surface area contributed by atoms with Gasteiger partial charge in [0, 0.05) is 44.7 Å². The van der Waals surface area contributed by atoms with Crippen LogP contribution in [0.4, 0.5) is 0 Å². The third kappa shape index (κ3) is 5.20. The molecule has 0 aliphatic carbocycles. The van der Waals surface area contributed by atoms with Crippen molar-refractivity contribution in [3.8, 4) is 17.3 Å². The van der Waals surface area contributed by atoms with Crippen LogP contribution in [0, 0.1) is 0 Å². The van der Waals surface area contributed by atoms with Gasteiger partial charge in [0.25, 0.3) is 5.89 Å². The summed E-state index contributed by atoms with van der Waals surface area (Å²) < 4.78 is 10.6. The molecular weight excluding hydrogens is 392 g/mol. The molecule has 8 nitrogen and oxygen atoms in total. The topological polar surface area (TPSA) is 88.7 Å². The number of aromatic nitrogens is 3. The van der Waals surface area contributed by atoms with Crippen LogP contribution in [0.15, 0.2) is 58.2 Å². The van der Waals surface area contributed by atoms with E-state index in [-0.39, 0.29) is 0 Å². The minimum atomic E-state index is 0.438. The molecule has 1 aliphatic rings. The fraction of sp³-hybridized carbons (Fsp3) is 0.391. The van der Waals surface area contributed by atoms with Crippen LogP contribution < -0.4 is 10.1 Å². The van der Waals surface area contributed by atoms with Gasteiger partial charge in [-0.2, -0.15) is 4.98 Å². The lowest BCUT2D eigenvalue weighted by Crippen LogP contribution is -2.40. The molecule has 0 bridgehead atoms. The Balaban J connectivity index is 1.35. The van der Waals surface area contributed by atoms with Crippen molar-refractivity contribution in [3.63, 3.8) is 0 Å². The Morgan fingerprint density at radius 2 is 2.13 bits per heavy atom. The number of rotatable bonds is 7. The Morgan fingerprint density at radius 3 is 2.87 bits per heavy atom. The van der Waals surface area contributed by atoms with E-state index in [1.165, 1.54) is 5.56 Å². The largest absolute Gasteiger partial charge is 0.497 e. The van der Waals surface area contributed by atoms with Crippen molar-refractivity contribution in [3.05, 3.63) is 60.0 Å². The van der Waals surface area contributed by atoms with Crippen molar-refractivity contribution >= 4 is 5.96 Å². The van der Waals surface area contributed by atoms with Crippen LogP contribution in [-0.2, 0) is 6.42 Å². The molecule has 0 saturated carbocycles. The third-order valence-electron chi connectivity index (χ3n) is 5.36. The number of benzene rings is 1. The first-order chi connectivity index (χ1) is 15.3. The first-order valence-corrected chi connectivity index (χ1v) is 10.7. The second-order valence-corrected chi connectivity index (χ2v) is 7.42. The van der Waals surface area contributed by atoms with Crippen molar-refractivity contribution in [2.75, 3.05) is 33.3 Å². The molecule has 1 saturated heterocycles. The zero-order chi connectivity index (χ0) is 21.5. The zero-order valence-corrected chi connectivity index (χ0v) is 18.0. The molecule has 1 unspecified atom stereocenters. The van der Waals surface area contributed by atoms with Crippen LogP contribution in [0.3, 0.4) is 0 Å². The highest BCUT2D eigenvalue weighted by atomic mass is 16.5. The Hall–Kier alpha value is -3.42. The van der Waals surface area contributed by atoms with Gasteiger partial charge in [0.2, 0.25) is 0 Å². The van der Waals surface area contributed by atoms with Gasteiger partial charge in [0.1, 0.15) is 11.4 Å². The van der Waals surface area contributed by atoms with Gasteiger partial charge in [-0.1, -0.05) is 23.4 Å². The summed E-state index contributed by atoms with van der Waals surface area (Å²) in [5.74, 6) is 3.40. The Labute approximate surface area is 182 Å². The number of likely N-dealkylation sites (tertiary alicyclic amines) is 1. The molecule has 8 heteroatoms. The first kappa shape index (κ1) is 20.8. The molecule has 162 valence electrons. The van der Waals surface area contributed by atoms with E-state index in [0.29, 0.717) is 36.3 Å². The summed E-state index contributed by atoms with van der Waals surface area (Å²) in [5, 5.41) is 7.47. The van der Waals surface area contributed by atoms with Crippen LogP contribution in [0.25, 0.3) is 11.6 Å². The van der Waals surface area contributed by atoms with Gasteiger partial charge < -0.3 is 19.5 Å². The van der Waals surface area contributed by atoms with Gasteiger partial charge in [-0.05, 0) is 43.2 Å². The number of guanidine groups is 1. The number of aliphatic imine (C=N–C) groups is 1. The van der Waals surface area contributed by atoms with Gasteiger partial charge in [-0.15, -0.1) is 0 Å². The average Bonchev–Trinajstić information content (AvgIpc) is 3.49. The highest BCUT2D eigenvalue weighted by Crippen LogP contribution is 2.28. The Morgan fingerprint density at radius 1 is 1.26 bits per heavy atom. The smallest absolute Gasteiger partial charge is 0.276 e. The van der Waals surface area contributed by atoms with Gasteiger partial charge in [-0.25, -0.2) is 0 Å². The molecule has 0 radical (unpaired) electrons. The molecule has 31 heavy (non-hydrogen) atoms. The number of hydrogen-bond acceptors (Lipinski definition) is 6. The number of methoxy groups -OCH3 is 1. The van der Waals surface area contributed by atoms with Crippen molar-refractivity contribution in [2.24, 2.45) is 4.99 Å². The summed E-state index contributed by atoms with van der Waals surface area (Å²) in [6.45, 7) is 5.44. The van der Waals surface area contributed by atoms with Gasteiger partial charge in [0.15, 0.2) is 11.8 Å². The fourth-order valence-corrected chi connectivity index (χ4v) is 3.74. The lowest BCUT2D eigenvalue weighted by molar-refractivity contribution is 0.414. The standard InChI is InChI=1S/C23H28N6O2/c1-3-24-23(29-15-12-18(16-29)17-7-9-19(30-2)10-8-17)26-14-11-21-27-22(31-28-21)20-6-4-5-13-25-20/h4-10,13,18H,3,11-12,14-16H2,1-2H3,(H,24,26). The maximum Gasteiger partial charge on any atom is 0.276 e. The molecule has 3 heterocycles. The van der Waals surface area contributed by atoms with Gasteiger partial charge in [0.05, 0.1) is 7.11 Å². The molecule has 2 aromatic heterocycles. The van der Waals surface area contributed by atoms with Crippen LogP contribution in [0.2, 0.25) is 0 Å². The van der Waals surface area contributed by atoms with Gasteiger partial charge >= 0.3 is 0 Å². The number of nitrogens with one attached hydrogen (secondary N) is 1. The molecule has 3 aromatic rings. The summed E-state index contributed by atoms with van der Waals surface area (Å²) in [6.07, 6.45) is 3.43. The molecule has 1 aliphatic heterocycles. The average molecular weight is 421 g/mol. The summed E-state index contributed by atoms with van der Waals surface area (Å²) in [7, 11) is 1.69. The van der Waals surface area contributed by atoms with Crippen molar-refractivity contribution in [1.29, 1.82) is 0 Å². The van der Waals surface area contributed by atoms with Crippen LogP contribution >= 0.6 is 0 Å². The lowest BCUT2D eigenvalue weighted by Gasteiger charge is -2.21. The quantitative estimate of drug-likeness (QED) is 0.464. The number of nitrogens with zero attached hydrogens (tertiary/aromatic N) is 5. The van der Waals surface area contributed by atoms with E-state index < -0.39 is 0 Å². The zero-order valence-electron chi connectivity index (χ0n) is 18.0. The summed E-state index contributed by atoms with van der Waals surface area (Å²) in [4.78, 5) is 15.8. The number of pyridine rings is 1. The van der Waals surface area contributed by atoms with E-state index in [0.717, 1.165) is 37.8 Å². The third-order valence-corrected chi connectivity index (χ3v) is 5.36. The highest BCUT2D eigenvalue weighted by Gasteiger charge is 2.26. The molecule has 1 fully saturated rings. The van der Waals surface area contributed by atoms with E-state index >= 15 is 0 Å². The molecule has 1 aromatic carbocycles. The monoisotopic (exact) mass is 420 g/mol. The first-order valence-electron chi connectivity index (χ1n) is 10.7. The fourth-order valence-electron chi connectivity index (χ4n) is 3.74. The Kier molecular flexibility index (Phi) is 6.76. The maximum absolute atomic E-state index is 5.33. The highest BCUT2D eigenvalue weighted by molar-refractivity contribution is 5.80. The normalized spacial score (nSPS) is 16.5. The van der Waals surface area contributed by atoms with Crippen LogP contribution in [0.1, 0.15) is 30.7 Å². The minimum Gasteiger partial charge on any atom is -0.497 e. The van der Waals surface area contributed by atoms with Crippen LogP contribution in [0.5, 0.6) is 5.75 Å². The van der Waals surface area contributed by atoms with E-state index in [1.807, 2.05) is 30.3 Å². The molecule has 1 N–H and O–H groups in total.